The van der Waals surface area contributed by atoms with Crippen LogP contribution in [0, 0.1) is 11.8 Å². The van der Waals surface area contributed by atoms with Gasteiger partial charge in [-0.3, -0.25) is 0 Å². The molecule has 0 aromatic heterocycles. The molecular weight excluding hydrogens is 164 g/mol. The molecule has 12 heavy (non-hydrogen) atoms. The van der Waals surface area contributed by atoms with Crippen LogP contribution in [-0.4, -0.2) is 22.5 Å². The lowest BCUT2D eigenvalue weighted by Crippen LogP contribution is -2.35. The Kier molecular flexibility index (Phi) is 2.30. The van der Waals surface area contributed by atoms with E-state index in [4.69, 9.17) is 4.74 Å². The molecule has 3 unspecified atom stereocenters. The molecule has 2 saturated carbocycles. The molecular formula is C10H20OSi. The molecule has 0 aromatic carbocycles. The lowest BCUT2D eigenvalue weighted by molar-refractivity contribution is -0.0634. The van der Waals surface area contributed by atoms with E-state index >= 15 is 0 Å². The molecule has 0 radical (unpaired) electrons. The van der Waals surface area contributed by atoms with Gasteiger partial charge in [-0.25, -0.2) is 0 Å². The van der Waals surface area contributed by atoms with Crippen LogP contribution in [-0.2, 0) is 4.74 Å². The molecule has 0 amide bonds. The Labute approximate surface area is 78.3 Å². The molecule has 0 saturated heterocycles. The van der Waals surface area contributed by atoms with E-state index in [1.54, 1.807) is 0 Å². The van der Waals surface area contributed by atoms with Crippen molar-refractivity contribution in [2.75, 3.05) is 6.61 Å². The fraction of sp³-hybridized carbons (Fsp3) is 1.00. The molecule has 2 rings (SSSR count). The van der Waals surface area contributed by atoms with Gasteiger partial charge >= 0.3 is 0 Å². The Morgan fingerprint density at radius 2 is 2.33 bits per heavy atom. The number of ether oxygens (including phenoxy) is 1. The Balaban J connectivity index is 1.93. The lowest BCUT2D eigenvalue weighted by Gasteiger charge is -2.34. The molecule has 2 aliphatic carbocycles. The van der Waals surface area contributed by atoms with Gasteiger partial charge in [-0.15, -0.1) is 0 Å². The third kappa shape index (κ3) is 1.35. The van der Waals surface area contributed by atoms with Crippen LogP contribution in [0.25, 0.3) is 0 Å². The maximum Gasteiger partial charge on any atom is 0.0685 e. The SMILES string of the molecule is CC1(OCC[SiH3])CC2CCC1C2. The molecule has 0 spiro atoms. The Bertz CT molecular complexity index is 171. The van der Waals surface area contributed by atoms with E-state index in [0.717, 1.165) is 18.4 Å². The summed E-state index contributed by atoms with van der Waals surface area (Å²) in [6.45, 7) is 3.36. The van der Waals surface area contributed by atoms with Crippen LogP contribution in [0.1, 0.15) is 32.6 Å². The molecule has 70 valence electrons. The van der Waals surface area contributed by atoms with Crippen LogP contribution in [0.4, 0.5) is 0 Å². The third-order valence-electron chi connectivity index (χ3n) is 3.73. The molecule has 0 heterocycles. The van der Waals surface area contributed by atoms with Gasteiger partial charge in [0.1, 0.15) is 0 Å². The second-order valence-corrected chi connectivity index (χ2v) is 5.74. The van der Waals surface area contributed by atoms with E-state index < -0.39 is 0 Å². The van der Waals surface area contributed by atoms with Crippen molar-refractivity contribution in [3.63, 3.8) is 0 Å². The summed E-state index contributed by atoms with van der Waals surface area (Å²) in [6, 6.07) is 1.30. The van der Waals surface area contributed by atoms with Gasteiger partial charge in [-0.05, 0) is 50.5 Å². The van der Waals surface area contributed by atoms with Gasteiger partial charge in [0.25, 0.3) is 0 Å². The molecule has 2 fully saturated rings. The Morgan fingerprint density at radius 3 is 2.83 bits per heavy atom. The molecule has 0 aromatic rings. The first-order chi connectivity index (χ1) is 5.74. The molecule has 2 bridgehead atoms. The number of rotatable bonds is 3. The Hall–Kier alpha value is 0.177. The van der Waals surface area contributed by atoms with E-state index in [-0.39, 0.29) is 5.60 Å². The molecule has 1 nitrogen and oxygen atoms in total. The van der Waals surface area contributed by atoms with Crippen LogP contribution in [0.15, 0.2) is 0 Å². The fourth-order valence-corrected chi connectivity index (χ4v) is 3.27. The predicted octanol–water partition coefficient (Wildman–Crippen LogP) is 1.37. The van der Waals surface area contributed by atoms with Gasteiger partial charge in [0, 0.05) is 16.8 Å². The highest BCUT2D eigenvalue weighted by atomic mass is 28.1. The van der Waals surface area contributed by atoms with Gasteiger partial charge in [0.2, 0.25) is 0 Å². The van der Waals surface area contributed by atoms with E-state index in [2.05, 4.69) is 6.92 Å². The van der Waals surface area contributed by atoms with E-state index in [1.807, 2.05) is 0 Å². The van der Waals surface area contributed by atoms with Gasteiger partial charge in [-0.1, -0.05) is 0 Å². The van der Waals surface area contributed by atoms with Crippen molar-refractivity contribution in [3.05, 3.63) is 0 Å². The topological polar surface area (TPSA) is 9.23 Å². The fourth-order valence-electron chi connectivity index (χ4n) is 3.07. The van der Waals surface area contributed by atoms with Gasteiger partial charge in [0.15, 0.2) is 0 Å². The zero-order valence-electron chi connectivity index (χ0n) is 8.31. The molecule has 0 N–H and O–H groups in total. The minimum atomic E-state index is 0.285. The molecule has 0 aliphatic heterocycles. The summed E-state index contributed by atoms with van der Waals surface area (Å²) in [7, 11) is 1.29. The highest BCUT2D eigenvalue weighted by Gasteiger charge is 2.48. The minimum absolute atomic E-state index is 0.285. The van der Waals surface area contributed by atoms with Gasteiger partial charge in [0.05, 0.1) is 5.60 Å². The molecule has 2 heteroatoms. The largest absolute Gasteiger partial charge is 0.375 e. The van der Waals surface area contributed by atoms with Crippen LogP contribution in [0.3, 0.4) is 0 Å². The second kappa shape index (κ2) is 3.15. The zero-order chi connectivity index (χ0) is 8.60. The highest BCUT2D eigenvalue weighted by molar-refractivity contribution is 6.08. The lowest BCUT2D eigenvalue weighted by atomic mass is 9.86. The van der Waals surface area contributed by atoms with Crippen molar-refractivity contribution in [2.24, 2.45) is 11.8 Å². The van der Waals surface area contributed by atoms with Crippen molar-refractivity contribution in [1.29, 1.82) is 0 Å². The van der Waals surface area contributed by atoms with Crippen LogP contribution in [0.5, 0.6) is 0 Å². The van der Waals surface area contributed by atoms with Gasteiger partial charge < -0.3 is 4.74 Å². The number of hydrogen-bond acceptors (Lipinski definition) is 1. The van der Waals surface area contributed by atoms with Crippen LogP contribution < -0.4 is 0 Å². The van der Waals surface area contributed by atoms with Crippen molar-refractivity contribution >= 4 is 10.2 Å². The second-order valence-electron chi connectivity index (χ2n) is 4.74. The first kappa shape index (κ1) is 8.76. The summed E-state index contributed by atoms with van der Waals surface area (Å²) < 4.78 is 6.01. The van der Waals surface area contributed by atoms with Crippen LogP contribution in [0.2, 0.25) is 6.04 Å². The van der Waals surface area contributed by atoms with Crippen molar-refractivity contribution in [3.8, 4) is 0 Å². The quantitative estimate of drug-likeness (QED) is 0.602. The smallest absolute Gasteiger partial charge is 0.0685 e. The summed E-state index contributed by atoms with van der Waals surface area (Å²) in [6.07, 6.45) is 5.71. The van der Waals surface area contributed by atoms with Crippen molar-refractivity contribution in [2.45, 2.75) is 44.3 Å². The molecule has 2 aliphatic rings. The van der Waals surface area contributed by atoms with Crippen molar-refractivity contribution < 1.29 is 4.74 Å². The van der Waals surface area contributed by atoms with Crippen molar-refractivity contribution in [1.82, 2.24) is 0 Å². The van der Waals surface area contributed by atoms with Crippen LogP contribution >= 0.6 is 0 Å². The monoisotopic (exact) mass is 184 g/mol. The summed E-state index contributed by atoms with van der Waals surface area (Å²) in [5.41, 5.74) is 0.285. The number of hydrogen-bond donors (Lipinski definition) is 0. The predicted molar refractivity (Wildman–Crippen MR) is 54.6 cm³/mol. The average molecular weight is 184 g/mol. The third-order valence-corrected chi connectivity index (χ3v) is 4.14. The normalized spacial score (nSPS) is 45.8. The Morgan fingerprint density at radius 1 is 1.50 bits per heavy atom. The summed E-state index contributed by atoms with van der Waals surface area (Å²) in [4.78, 5) is 0. The standard InChI is InChI=1S/C10H20OSi/c1-10(11-4-5-12)7-8-2-3-9(10)6-8/h8-9H,2-7H2,1,12H3. The maximum absolute atomic E-state index is 6.01. The summed E-state index contributed by atoms with van der Waals surface area (Å²) in [5, 5.41) is 0. The average Bonchev–Trinajstić information content (AvgIpc) is 2.60. The summed E-state index contributed by atoms with van der Waals surface area (Å²) >= 11 is 0. The highest BCUT2D eigenvalue weighted by Crippen LogP contribution is 2.52. The van der Waals surface area contributed by atoms with Gasteiger partial charge in [-0.2, -0.15) is 0 Å². The maximum atomic E-state index is 6.01. The molecule has 3 atom stereocenters. The van der Waals surface area contributed by atoms with E-state index in [9.17, 15) is 0 Å². The van der Waals surface area contributed by atoms with E-state index in [1.165, 1.54) is 42.0 Å². The summed E-state index contributed by atoms with van der Waals surface area (Å²) in [5.74, 6) is 1.91. The zero-order valence-corrected chi connectivity index (χ0v) is 10.3. The first-order valence-corrected chi connectivity index (χ1v) is 6.80. The number of fused-ring (bicyclic) bond motifs is 2. The first-order valence-electron chi connectivity index (χ1n) is 5.38. The minimum Gasteiger partial charge on any atom is -0.375 e. The van der Waals surface area contributed by atoms with E-state index in [0.29, 0.717) is 0 Å².